The van der Waals surface area contributed by atoms with Crippen LogP contribution in [-0.4, -0.2) is 12.2 Å². The lowest BCUT2D eigenvalue weighted by atomic mass is 10.2. The molecule has 1 amide bonds. The molecule has 0 atom stereocenters. The van der Waals surface area contributed by atoms with Crippen molar-refractivity contribution in [3.63, 3.8) is 0 Å². The molecule has 5 N–H and O–H groups in total. The zero-order chi connectivity index (χ0) is 15.6. The van der Waals surface area contributed by atoms with Crippen LogP contribution in [0.4, 0.5) is 19.5 Å². The normalized spacial score (nSPS) is 10.6. The highest BCUT2D eigenvalue weighted by Crippen LogP contribution is 2.41. The molecule has 0 fully saturated rings. The molecule has 1 aromatic heterocycles. The van der Waals surface area contributed by atoms with Gasteiger partial charge in [-0.25, -0.2) is 8.78 Å². The van der Waals surface area contributed by atoms with Gasteiger partial charge in [0.05, 0.1) is 10.6 Å². The third-order valence-electron chi connectivity index (χ3n) is 2.76. The number of nitrogens with one attached hydrogen (secondary N) is 1. The molecule has 2 aromatic rings. The Morgan fingerprint density at radius 2 is 2.10 bits per heavy atom. The molecule has 0 bridgehead atoms. The van der Waals surface area contributed by atoms with E-state index < -0.39 is 17.5 Å². The average molecular weight is 329 g/mol. The zero-order valence-electron chi connectivity index (χ0n) is 11.1. The van der Waals surface area contributed by atoms with Crippen LogP contribution in [-0.2, 0) is 6.54 Å². The number of carbonyl (C=O) groups excluding carboxylic acids is 1. The number of amides is 1. The number of rotatable bonds is 5. The van der Waals surface area contributed by atoms with Crippen molar-refractivity contribution in [1.82, 2.24) is 0 Å². The largest absolute Gasteiger partial charge is 0.396 e. The van der Waals surface area contributed by atoms with Crippen molar-refractivity contribution in [2.45, 2.75) is 11.4 Å². The predicted octanol–water partition coefficient (Wildman–Crippen LogP) is 3.04. The van der Waals surface area contributed by atoms with E-state index in [1.165, 1.54) is 17.8 Å². The first kappa shape index (κ1) is 15.6. The monoisotopic (exact) mass is 329 g/mol. The van der Waals surface area contributed by atoms with E-state index in [0.29, 0.717) is 16.3 Å². The number of benzene rings is 1. The molecule has 2 rings (SSSR count). The Labute approximate surface area is 128 Å². The van der Waals surface area contributed by atoms with Gasteiger partial charge in [0.15, 0.2) is 11.6 Å². The fraction of sp³-hybridized carbons (Fsp3) is 0.154. The molecule has 0 aliphatic heterocycles. The zero-order valence-corrected chi connectivity index (χ0v) is 12.7. The summed E-state index contributed by atoms with van der Waals surface area (Å²) in [7, 11) is 0. The Kier molecular flexibility index (Phi) is 4.69. The number of hydrogen-bond acceptors (Lipinski definition) is 5. The van der Waals surface area contributed by atoms with Crippen LogP contribution < -0.4 is 16.8 Å². The SMILES string of the molecule is CSc1c(NCc2ccc(F)c(F)c2)sc(C(N)=O)c1N. The van der Waals surface area contributed by atoms with Crippen molar-refractivity contribution < 1.29 is 13.6 Å². The van der Waals surface area contributed by atoms with Crippen molar-refractivity contribution in [1.29, 1.82) is 0 Å². The Balaban J connectivity index is 2.21. The number of thiophene rings is 1. The van der Waals surface area contributed by atoms with Gasteiger partial charge in [-0.05, 0) is 24.0 Å². The van der Waals surface area contributed by atoms with Crippen LogP contribution in [0.3, 0.4) is 0 Å². The molecule has 8 heteroatoms. The fourth-order valence-corrected chi connectivity index (χ4v) is 3.65. The minimum atomic E-state index is -0.900. The van der Waals surface area contributed by atoms with Gasteiger partial charge < -0.3 is 16.8 Å². The molecule has 0 aliphatic carbocycles. The van der Waals surface area contributed by atoms with Gasteiger partial charge in [0.25, 0.3) is 5.91 Å². The molecule has 0 unspecified atom stereocenters. The Morgan fingerprint density at radius 1 is 1.38 bits per heavy atom. The smallest absolute Gasteiger partial charge is 0.261 e. The van der Waals surface area contributed by atoms with Gasteiger partial charge in [-0.3, -0.25) is 4.79 Å². The van der Waals surface area contributed by atoms with Gasteiger partial charge in [-0.15, -0.1) is 23.1 Å². The molecule has 21 heavy (non-hydrogen) atoms. The summed E-state index contributed by atoms with van der Waals surface area (Å²) in [5, 5.41) is 3.74. The summed E-state index contributed by atoms with van der Waals surface area (Å²) in [6, 6.07) is 3.67. The van der Waals surface area contributed by atoms with E-state index in [4.69, 9.17) is 11.5 Å². The molecular weight excluding hydrogens is 316 g/mol. The lowest BCUT2D eigenvalue weighted by molar-refractivity contribution is 0.100. The molecule has 0 saturated heterocycles. The molecule has 0 saturated carbocycles. The highest BCUT2D eigenvalue weighted by Gasteiger charge is 2.18. The number of nitrogens with two attached hydrogens (primary N) is 2. The number of carbonyl (C=O) groups is 1. The van der Waals surface area contributed by atoms with Crippen LogP contribution in [0.15, 0.2) is 23.1 Å². The standard InChI is InChI=1S/C13H13F2N3OS2/c1-20-11-9(16)10(12(17)19)21-13(11)18-5-6-2-3-7(14)8(15)4-6/h2-4,18H,5,16H2,1H3,(H2,17,19). The van der Waals surface area contributed by atoms with Gasteiger partial charge in [-0.2, -0.15) is 0 Å². The minimum absolute atomic E-state index is 0.281. The van der Waals surface area contributed by atoms with Crippen LogP contribution in [0.2, 0.25) is 0 Å². The minimum Gasteiger partial charge on any atom is -0.396 e. The van der Waals surface area contributed by atoms with Gasteiger partial charge in [0.1, 0.15) is 9.88 Å². The number of thioether (sulfide) groups is 1. The number of anilines is 2. The highest BCUT2D eigenvalue weighted by atomic mass is 32.2. The van der Waals surface area contributed by atoms with E-state index >= 15 is 0 Å². The second kappa shape index (κ2) is 6.31. The maximum absolute atomic E-state index is 13.1. The van der Waals surface area contributed by atoms with Crippen molar-refractivity contribution >= 4 is 39.7 Å². The summed E-state index contributed by atoms with van der Waals surface area (Å²) in [6.07, 6.45) is 1.83. The number of nitrogen functional groups attached to an aromatic ring is 1. The van der Waals surface area contributed by atoms with Crippen molar-refractivity contribution in [2.24, 2.45) is 5.73 Å². The lowest BCUT2D eigenvalue weighted by Gasteiger charge is -2.07. The molecule has 1 heterocycles. The summed E-state index contributed by atoms with van der Waals surface area (Å²) < 4.78 is 26.0. The first-order chi connectivity index (χ1) is 9.93. The molecule has 0 radical (unpaired) electrons. The maximum Gasteiger partial charge on any atom is 0.261 e. The third-order valence-corrected chi connectivity index (χ3v) is 4.90. The number of hydrogen-bond donors (Lipinski definition) is 3. The summed E-state index contributed by atoms with van der Waals surface area (Å²) in [5.41, 5.74) is 12.0. The van der Waals surface area contributed by atoms with E-state index in [0.717, 1.165) is 28.4 Å². The van der Waals surface area contributed by atoms with Crippen molar-refractivity contribution in [2.75, 3.05) is 17.3 Å². The van der Waals surface area contributed by atoms with Crippen molar-refractivity contribution in [3.05, 3.63) is 40.3 Å². The topological polar surface area (TPSA) is 81.1 Å². The average Bonchev–Trinajstić information content (AvgIpc) is 2.76. The van der Waals surface area contributed by atoms with Crippen LogP contribution in [0.1, 0.15) is 15.2 Å². The van der Waals surface area contributed by atoms with Gasteiger partial charge in [0.2, 0.25) is 0 Å². The second-order valence-electron chi connectivity index (χ2n) is 4.17. The summed E-state index contributed by atoms with van der Waals surface area (Å²) in [6.45, 7) is 0.281. The highest BCUT2D eigenvalue weighted by molar-refractivity contribution is 7.99. The van der Waals surface area contributed by atoms with Crippen LogP contribution in [0.5, 0.6) is 0 Å². The molecular formula is C13H13F2N3OS2. The molecule has 4 nitrogen and oxygen atoms in total. The molecule has 112 valence electrons. The molecule has 1 aromatic carbocycles. The predicted molar refractivity (Wildman–Crippen MR) is 82.7 cm³/mol. The van der Waals surface area contributed by atoms with E-state index in [1.54, 1.807) is 0 Å². The summed E-state index contributed by atoms with van der Waals surface area (Å²) in [5.74, 6) is -2.38. The van der Waals surface area contributed by atoms with Crippen molar-refractivity contribution in [3.8, 4) is 0 Å². The molecule has 0 aliphatic rings. The Bertz CT molecular complexity index is 688. The van der Waals surface area contributed by atoms with E-state index in [9.17, 15) is 13.6 Å². The first-order valence-electron chi connectivity index (χ1n) is 5.88. The Hall–Kier alpha value is -1.80. The second-order valence-corrected chi connectivity index (χ2v) is 6.01. The summed E-state index contributed by atoms with van der Waals surface area (Å²) >= 11 is 2.53. The molecule has 0 spiro atoms. The lowest BCUT2D eigenvalue weighted by Crippen LogP contribution is -2.10. The van der Waals surface area contributed by atoms with Gasteiger partial charge in [0, 0.05) is 6.54 Å². The van der Waals surface area contributed by atoms with Crippen LogP contribution >= 0.6 is 23.1 Å². The number of primary amides is 1. The van der Waals surface area contributed by atoms with E-state index in [1.807, 2.05) is 6.26 Å². The maximum atomic E-state index is 13.1. The number of halogens is 2. The van der Waals surface area contributed by atoms with Gasteiger partial charge >= 0.3 is 0 Å². The van der Waals surface area contributed by atoms with E-state index in [-0.39, 0.29) is 11.4 Å². The van der Waals surface area contributed by atoms with E-state index in [2.05, 4.69) is 5.32 Å². The van der Waals surface area contributed by atoms with Crippen LogP contribution in [0.25, 0.3) is 0 Å². The fourth-order valence-electron chi connectivity index (χ4n) is 1.76. The third kappa shape index (κ3) is 3.27. The van der Waals surface area contributed by atoms with Gasteiger partial charge in [-0.1, -0.05) is 6.07 Å². The van der Waals surface area contributed by atoms with Crippen LogP contribution in [0, 0.1) is 11.6 Å². The Morgan fingerprint density at radius 3 is 2.67 bits per heavy atom. The quantitative estimate of drug-likeness (QED) is 0.737. The summed E-state index contributed by atoms with van der Waals surface area (Å²) in [4.78, 5) is 12.3. The first-order valence-corrected chi connectivity index (χ1v) is 7.92.